The molecule has 0 aliphatic carbocycles. The smallest absolute Gasteiger partial charge is 0.306 e. The van der Waals surface area contributed by atoms with Gasteiger partial charge in [-0.25, -0.2) is 0 Å². The highest BCUT2D eigenvalue weighted by molar-refractivity contribution is 5.71. The van der Waals surface area contributed by atoms with Gasteiger partial charge in [0.05, 0.1) is 0 Å². The predicted octanol–water partition coefficient (Wildman–Crippen LogP) is 19.0. The average Bonchev–Trinajstić information content (AvgIpc) is 3.31. The van der Waals surface area contributed by atoms with Crippen LogP contribution in [0, 0.1) is 0 Å². The molecule has 0 aromatic carbocycles. The van der Waals surface area contributed by atoms with E-state index in [-0.39, 0.29) is 31.1 Å². The van der Waals surface area contributed by atoms with E-state index in [1.807, 2.05) is 0 Å². The molecule has 0 radical (unpaired) electrons. The highest BCUT2D eigenvalue weighted by Crippen LogP contribution is 2.16. The van der Waals surface area contributed by atoms with E-state index < -0.39 is 6.10 Å². The molecule has 0 heterocycles. The molecular weight excluding hydrogens is 817 g/mol. The fourth-order valence-electron chi connectivity index (χ4n) is 8.28. The van der Waals surface area contributed by atoms with Crippen LogP contribution in [0.15, 0.2) is 48.6 Å². The van der Waals surface area contributed by atoms with Crippen LogP contribution in [0.2, 0.25) is 0 Å². The van der Waals surface area contributed by atoms with Gasteiger partial charge in [0.25, 0.3) is 0 Å². The van der Waals surface area contributed by atoms with Crippen molar-refractivity contribution in [2.45, 2.75) is 303 Å². The molecule has 0 N–H and O–H groups in total. The molecule has 0 aromatic heterocycles. The molecule has 384 valence electrons. The van der Waals surface area contributed by atoms with Gasteiger partial charge in [-0.3, -0.25) is 14.4 Å². The van der Waals surface area contributed by atoms with Crippen LogP contribution in [0.25, 0.3) is 0 Å². The monoisotopic (exact) mass is 925 g/mol. The summed E-state index contributed by atoms with van der Waals surface area (Å²) < 4.78 is 16.9. The maximum Gasteiger partial charge on any atom is 0.306 e. The fourth-order valence-corrected chi connectivity index (χ4v) is 8.28. The van der Waals surface area contributed by atoms with Crippen molar-refractivity contribution < 1.29 is 28.6 Å². The Kier molecular flexibility index (Phi) is 52.8. The lowest BCUT2D eigenvalue weighted by Gasteiger charge is -2.18. The number of ether oxygens (including phenoxy) is 3. The van der Waals surface area contributed by atoms with E-state index in [4.69, 9.17) is 14.2 Å². The standard InChI is InChI=1S/C60H108O6/c1-4-7-10-13-16-19-22-25-28-29-30-33-35-38-41-44-47-50-53-59(62)65-56-57(66-60(63)54-51-48-45-42-39-36-32-27-24-21-18-15-12-9-6-3)55-64-58(61)52-49-46-43-40-37-34-31-26-23-20-17-14-11-8-5-2/h9,12,18,21,26-27,31-32,57H,4-8,10-11,13-17,19-20,22-25,28-30,33-56H2,1-3H3/b12-9-,21-18-,31-26-,32-27-/t57-/m1/s1. The Labute approximate surface area is 409 Å². The van der Waals surface area contributed by atoms with Gasteiger partial charge in [0, 0.05) is 19.3 Å². The van der Waals surface area contributed by atoms with Crippen molar-refractivity contribution in [1.29, 1.82) is 0 Å². The van der Waals surface area contributed by atoms with Crippen LogP contribution in [-0.4, -0.2) is 37.2 Å². The number of unbranched alkanes of at least 4 members (excludes halogenated alkanes) is 33. The third-order valence-electron chi connectivity index (χ3n) is 12.6. The van der Waals surface area contributed by atoms with Crippen molar-refractivity contribution in [1.82, 2.24) is 0 Å². The molecule has 0 aromatic rings. The number of carbonyl (C=O) groups excluding carboxylic acids is 3. The molecule has 6 nitrogen and oxygen atoms in total. The first kappa shape index (κ1) is 63.4. The molecule has 0 spiro atoms. The summed E-state index contributed by atoms with van der Waals surface area (Å²) in [5.41, 5.74) is 0. The van der Waals surface area contributed by atoms with Gasteiger partial charge < -0.3 is 14.2 Å². The summed E-state index contributed by atoms with van der Waals surface area (Å²) in [5.74, 6) is -0.891. The van der Waals surface area contributed by atoms with E-state index in [1.165, 1.54) is 154 Å². The Bertz CT molecular complexity index is 1150. The van der Waals surface area contributed by atoms with E-state index in [2.05, 4.69) is 69.4 Å². The summed E-state index contributed by atoms with van der Waals surface area (Å²) in [6.07, 6.45) is 66.7. The second-order valence-electron chi connectivity index (χ2n) is 19.2. The zero-order valence-electron chi connectivity index (χ0n) is 44.0. The minimum atomic E-state index is -0.783. The van der Waals surface area contributed by atoms with Crippen LogP contribution in [0.5, 0.6) is 0 Å². The van der Waals surface area contributed by atoms with E-state index in [0.717, 1.165) is 103 Å². The topological polar surface area (TPSA) is 78.9 Å². The normalized spacial score (nSPS) is 12.3. The first-order valence-electron chi connectivity index (χ1n) is 28.6. The van der Waals surface area contributed by atoms with Crippen LogP contribution in [-0.2, 0) is 28.6 Å². The minimum Gasteiger partial charge on any atom is -0.462 e. The third kappa shape index (κ3) is 52.3. The zero-order chi connectivity index (χ0) is 47.9. The quantitative estimate of drug-likeness (QED) is 0.0262. The molecule has 66 heavy (non-hydrogen) atoms. The summed E-state index contributed by atoms with van der Waals surface area (Å²) in [6.45, 7) is 6.54. The Morgan fingerprint density at radius 1 is 0.318 bits per heavy atom. The van der Waals surface area contributed by atoms with Gasteiger partial charge in [-0.2, -0.15) is 0 Å². The van der Waals surface area contributed by atoms with Gasteiger partial charge in [0.15, 0.2) is 6.10 Å². The Morgan fingerprint density at radius 3 is 0.939 bits per heavy atom. The largest absolute Gasteiger partial charge is 0.462 e. The second kappa shape index (κ2) is 55.0. The van der Waals surface area contributed by atoms with Gasteiger partial charge in [0.2, 0.25) is 0 Å². The summed E-state index contributed by atoms with van der Waals surface area (Å²) >= 11 is 0. The first-order valence-corrected chi connectivity index (χ1v) is 28.6. The van der Waals surface area contributed by atoms with Crippen molar-refractivity contribution in [2.75, 3.05) is 13.2 Å². The Balaban J connectivity index is 4.36. The lowest BCUT2D eigenvalue weighted by atomic mass is 10.0. The number of hydrogen-bond donors (Lipinski definition) is 0. The lowest BCUT2D eigenvalue weighted by molar-refractivity contribution is -0.167. The van der Waals surface area contributed by atoms with Crippen molar-refractivity contribution in [2.24, 2.45) is 0 Å². The van der Waals surface area contributed by atoms with Crippen LogP contribution >= 0.6 is 0 Å². The number of rotatable bonds is 52. The van der Waals surface area contributed by atoms with Gasteiger partial charge in [-0.15, -0.1) is 0 Å². The Morgan fingerprint density at radius 2 is 0.591 bits per heavy atom. The molecule has 0 saturated carbocycles. The summed E-state index contributed by atoms with van der Waals surface area (Å²) in [7, 11) is 0. The van der Waals surface area contributed by atoms with Gasteiger partial charge >= 0.3 is 17.9 Å². The molecule has 6 heteroatoms. The van der Waals surface area contributed by atoms with E-state index >= 15 is 0 Å². The summed E-state index contributed by atoms with van der Waals surface area (Å²) in [6, 6.07) is 0. The second-order valence-corrected chi connectivity index (χ2v) is 19.2. The third-order valence-corrected chi connectivity index (χ3v) is 12.6. The molecule has 0 saturated heterocycles. The highest BCUT2D eigenvalue weighted by Gasteiger charge is 2.19. The molecule has 0 unspecified atom stereocenters. The molecule has 1 atom stereocenters. The molecule has 0 amide bonds. The maximum absolute atomic E-state index is 12.8. The number of allylic oxidation sites excluding steroid dienone is 8. The van der Waals surface area contributed by atoms with Gasteiger partial charge in [0.1, 0.15) is 13.2 Å². The van der Waals surface area contributed by atoms with Crippen LogP contribution in [0.4, 0.5) is 0 Å². The van der Waals surface area contributed by atoms with E-state index in [1.54, 1.807) is 0 Å². The Hall–Kier alpha value is -2.63. The van der Waals surface area contributed by atoms with E-state index in [9.17, 15) is 14.4 Å². The molecule has 0 aliphatic rings. The van der Waals surface area contributed by atoms with Crippen LogP contribution in [0.3, 0.4) is 0 Å². The number of esters is 3. The number of hydrogen-bond acceptors (Lipinski definition) is 6. The highest BCUT2D eigenvalue weighted by atomic mass is 16.6. The van der Waals surface area contributed by atoms with Crippen molar-refractivity contribution in [3.63, 3.8) is 0 Å². The lowest BCUT2D eigenvalue weighted by Crippen LogP contribution is -2.30. The summed E-state index contributed by atoms with van der Waals surface area (Å²) in [5, 5.41) is 0. The fraction of sp³-hybridized carbons (Fsp3) is 0.817. The molecule has 0 fully saturated rings. The predicted molar refractivity (Wildman–Crippen MR) is 284 cm³/mol. The minimum absolute atomic E-state index is 0.0798. The average molecular weight is 926 g/mol. The van der Waals surface area contributed by atoms with Crippen molar-refractivity contribution in [3.05, 3.63) is 48.6 Å². The van der Waals surface area contributed by atoms with Crippen LogP contribution in [0.1, 0.15) is 297 Å². The maximum atomic E-state index is 12.8. The van der Waals surface area contributed by atoms with Gasteiger partial charge in [-0.05, 0) is 77.0 Å². The molecular formula is C60H108O6. The first-order chi connectivity index (χ1) is 32.5. The molecule has 0 rings (SSSR count). The van der Waals surface area contributed by atoms with Gasteiger partial charge in [-0.1, -0.05) is 249 Å². The molecule has 0 aliphatic heterocycles. The number of carbonyl (C=O) groups is 3. The molecule has 0 bridgehead atoms. The summed E-state index contributed by atoms with van der Waals surface area (Å²) in [4.78, 5) is 38.1. The SMILES string of the molecule is CC/C=C\C/C=C\C/C=C\CCCCCCCC(=O)O[C@H](COC(=O)CCCCCCC/C=C\CCCCCCCC)COC(=O)CCCCCCCCCCCCCCCCCCCC. The van der Waals surface area contributed by atoms with E-state index in [0.29, 0.717) is 19.3 Å². The van der Waals surface area contributed by atoms with Crippen LogP contribution < -0.4 is 0 Å². The van der Waals surface area contributed by atoms with Crippen molar-refractivity contribution in [3.8, 4) is 0 Å². The zero-order valence-corrected chi connectivity index (χ0v) is 44.0. The van der Waals surface area contributed by atoms with Crippen molar-refractivity contribution >= 4 is 17.9 Å².